The monoisotopic (exact) mass is 365 g/mol. The Balaban J connectivity index is 1.84. The van der Waals surface area contributed by atoms with E-state index in [0.29, 0.717) is 29.0 Å². The average Bonchev–Trinajstić information content (AvgIpc) is 3.06. The van der Waals surface area contributed by atoms with Gasteiger partial charge in [-0.25, -0.2) is 15.0 Å². The van der Waals surface area contributed by atoms with Crippen molar-refractivity contribution in [2.75, 3.05) is 25.6 Å². The number of methoxy groups -OCH3 is 1. The Labute approximate surface area is 150 Å². The smallest absolute Gasteiger partial charge is 0.165 e. The third kappa shape index (κ3) is 3.61. The molecule has 0 aromatic heterocycles. The number of halogens is 2. The highest BCUT2D eigenvalue weighted by Gasteiger charge is 2.18. The number of nitrogens with one attached hydrogen (secondary N) is 1. The van der Waals surface area contributed by atoms with Crippen LogP contribution in [-0.4, -0.2) is 39.8 Å². The summed E-state index contributed by atoms with van der Waals surface area (Å²) in [5, 5.41) is 4.49. The van der Waals surface area contributed by atoms with Crippen LogP contribution in [0.15, 0.2) is 30.9 Å². The van der Waals surface area contributed by atoms with E-state index in [2.05, 4.69) is 20.3 Å². The molecule has 1 N–H and O–H groups in total. The highest BCUT2D eigenvalue weighted by molar-refractivity contribution is 6.35. The SMILES string of the molecule is COCCCNc1ncn(Cc2c(Cl)cccc2Cl)c2ncnc1-2. The lowest BCUT2D eigenvalue weighted by molar-refractivity contribution is 0.198. The zero-order valence-corrected chi connectivity index (χ0v) is 14.7. The van der Waals surface area contributed by atoms with Crippen LogP contribution >= 0.6 is 23.2 Å². The van der Waals surface area contributed by atoms with Crippen LogP contribution in [0.2, 0.25) is 10.0 Å². The molecule has 0 aliphatic carbocycles. The van der Waals surface area contributed by atoms with E-state index in [1.807, 2.05) is 22.8 Å². The maximum Gasteiger partial charge on any atom is 0.165 e. The number of ether oxygens (including phenoxy) is 1. The molecule has 0 amide bonds. The van der Waals surface area contributed by atoms with E-state index in [9.17, 15) is 0 Å². The first-order valence-corrected chi connectivity index (χ1v) is 8.28. The fourth-order valence-corrected chi connectivity index (χ4v) is 2.92. The average molecular weight is 366 g/mol. The standard InChI is InChI=1S/C16H17Cl2N5O/c1-24-7-3-6-19-15-14-16(21-9-20-14)23(10-22-15)8-11-12(17)4-2-5-13(11)18/h2,4-5,9-10,19H,3,6-8H2,1H3. The van der Waals surface area contributed by atoms with Gasteiger partial charge in [0.1, 0.15) is 6.33 Å². The minimum atomic E-state index is 0.477. The predicted molar refractivity (Wildman–Crippen MR) is 95.0 cm³/mol. The molecule has 0 bridgehead atoms. The second-order valence-corrected chi connectivity index (χ2v) is 6.05. The summed E-state index contributed by atoms with van der Waals surface area (Å²) in [7, 11) is 1.68. The van der Waals surface area contributed by atoms with Crippen molar-refractivity contribution in [3.05, 3.63) is 46.5 Å². The van der Waals surface area contributed by atoms with E-state index in [0.717, 1.165) is 30.0 Å². The highest BCUT2D eigenvalue weighted by atomic mass is 35.5. The zero-order chi connectivity index (χ0) is 16.9. The topological polar surface area (TPSA) is 64.9 Å². The maximum absolute atomic E-state index is 6.26. The highest BCUT2D eigenvalue weighted by Crippen LogP contribution is 2.29. The van der Waals surface area contributed by atoms with Gasteiger partial charge in [-0.05, 0) is 18.6 Å². The Morgan fingerprint density at radius 2 is 1.96 bits per heavy atom. The maximum atomic E-state index is 6.26. The third-order valence-corrected chi connectivity index (χ3v) is 4.32. The van der Waals surface area contributed by atoms with Crippen LogP contribution in [0.1, 0.15) is 12.0 Å². The van der Waals surface area contributed by atoms with Gasteiger partial charge in [-0.3, -0.25) is 0 Å². The van der Waals surface area contributed by atoms with Gasteiger partial charge in [0.05, 0.1) is 12.9 Å². The second kappa shape index (κ2) is 7.79. The summed E-state index contributed by atoms with van der Waals surface area (Å²) in [5.74, 6) is 1.44. The molecule has 24 heavy (non-hydrogen) atoms. The molecule has 126 valence electrons. The number of imidazole rings is 1. The number of aromatic nitrogens is 4. The lowest BCUT2D eigenvalue weighted by Gasteiger charge is -2.15. The largest absolute Gasteiger partial charge is 0.385 e. The van der Waals surface area contributed by atoms with Gasteiger partial charge in [0, 0.05) is 35.9 Å². The Morgan fingerprint density at radius 3 is 2.71 bits per heavy atom. The van der Waals surface area contributed by atoms with E-state index in [1.54, 1.807) is 13.4 Å². The Kier molecular flexibility index (Phi) is 5.50. The summed E-state index contributed by atoms with van der Waals surface area (Å²) in [6.07, 6.45) is 4.13. The number of benzene rings is 1. The summed E-state index contributed by atoms with van der Waals surface area (Å²) >= 11 is 12.5. The van der Waals surface area contributed by atoms with Gasteiger partial charge in [-0.2, -0.15) is 0 Å². The van der Waals surface area contributed by atoms with Crippen molar-refractivity contribution in [1.82, 2.24) is 19.5 Å². The number of fused-ring (bicyclic) bond motifs is 1. The van der Waals surface area contributed by atoms with Crippen LogP contribution in [0.25, 0.3) is 11.5 Å². The fourth-order valence-electron chi connectivity index (χ4n) is 2.40. The van der Waals surface area contributed by atoms with E-state index in [1.165, 1.54) is 6.33 Å². The molecule has 0 radical (unpaired) electrons. The van der Waals surface area contributed by atoms with Gasteiger partial charge in [0.2, 0.25) is 0 Å². The van der Waals surface area contributed by atoms with Gasteiger partial charge in [-0.15, -0.1) is 0 Å². The van der Waals surface area contributed by atoms with Crippen LogP contribution < -0.4 is 5.32 Å². The molecule has 0 fully saturated rings. The summed E-state index contributed by atoms with van der Waals surface area (Å²) < 4.78 is 6.93. The number of hydrogen-bond donors (Lipinski definition) is 1. The molecule has 0 saturated carbocycles. The van der Waals surface area contributed by atoms with Gasteiger partial charge in [-0.1, -0.05) is 29.3 Å². The molecule has 1 aromatic rings. The molecule has 0 spiro atoms. The lowest BCUT2D eigenvalue weighted by Crippen LogP contribution is -2.12. The van der Waals surface area contributed by atoms with Crippen molar-refractivity contribution in [1.29, 1.82) is 0 Å². The van der Waals surface area contributed by atoms with Gasteiger partial charge in [0.25, 0.3) is 0 Å². The van der Waals surface area contributed by atoms with Gasteiger partial charge < -0.3 is 14.6 Å². The third-order valence-electron chi connectivity index (χ3n) is 3.61. The van der Waals surface area contributed by atoms with E-state index in [-0.39, 0.29) is 0 Å². The first-order valence-electron chi connectivity index (χ1n) is 7.52. The van der Waals surface area contributed by atoms with Crippen molar-refractivity contribution < 1.29 is 4.74 Å². The number of hydrogen-bond acceptors (Lipinski definition) is 5. The van der Waals surface area contributed by atoms with Gasteiger partial charge >= 0.3 is 0 Å². The van der Waals surface area contributed by atoms with Crippen LogP contribution in [-0.2, 0) is 11.3 Å². The molecular formula is C16H17Cl2N5O. The van der Waals surface area contributed by atoms with Crippen molar-refractivity contribution in [2.45, 2.75) is 13.0 Å². The Hall–Kier alpha value is -1.89. The fraction of sp³-hybridized carbons (Fsp3) is 0.312. The first kappa shape index (κ1) is 17.0. The van der Waals surface area contributed by atoms with E-state index >= 15 is 0 Å². The molecule has 0 unspecified atom stereocenters. The van der Waals surface area contributed by atoms with Gasteiger partial charge in [0.15, 0.2) is 17.3 Å². The summed E-state index contributed by atoms with van der Waals surface area (Å²) in [5.41, 5.74) is 1.55. The molecule has 1 aromatic carbocycles. The van der Waals surface area contributed by atoms with E-state index in [4.69, 9.17) is 27.9 Å². The molecule has 6 nitrogen and oxygen atoms in total. The Morgan fingerprint density at radius 1 is 1.17 bits per heavy atom. The van der Waals surface area contributed by atoms with Crippen molar-refractivity contribution >= 4 is 29.0 Å². The quantitative estimate of drug-likeness (QED) is 0.648. The summed E-state index contributed by atoms with van der Waals surface area (Å²) in [6.45, 7) is 1.93. The lowest BCUT2D eigenvalue weighted by atomic mass is 10.2. The molecule has 0 saturated heterocycles. The molecule has 2 heterocycles. The van der Waals surface area contributed by atoms with Crippen LogP contribution in [0, 0.1) is 0 Å². The van der Waals surface area contributed by atoms with Crippen molar-refractivity contribution in [3.8, 4) is 11.5 Å². The molecule has 2 aliphatic rings. The minimum Gasteiger partial charge on any atom is -0.385 e. The normalized spacial score (nSPS) is 11.1. The van der Waals surface area contributed by atoms with Crippen LogP contribution in [0.5, 0.6) is 0 Å². The Bertz CT molecular complexity index is 772. The number of rotatable bonds is 7. The molecular weight excluding hydrogens is 349 g/mol. The minimum absolute atomic E-state index is 0.477. The molecule has 8 heteroatoms. The molecule has 3 rings (SSSR count). The second-order valence-electron chi connectivity index (χ2n) is 5.24. The molecule has 2 aliphatic heterocycles. The number of nitrogens with zero attached hydrogens (tertiary/aromatic N) is 4. The number of anilines is 1. The van der Waals surface area contributed by atoms with Crippen LogP contribution in [0.4, 0.5) is 5.82 Å². The van der Waals surface area contributed by atoms with E-state index < -0.39 is 0 Å². The van der Waals surface area contributed by atoms with Crippen molar-refractivity contribution in [3.63, 3.8) is 0 Å². The summed E-state index contributed by atoms with van der Waals surface area (Å²) in [6, 6.07) is 5.45. The predicted octanol–water partition coefficient (Wildman–Crippen LogP) is 3.58. The summed E-state index contributed by atoms with van der Waals surface area (Å²) in [4.78, 5) is 13.1. The van der Waals surface area contributed by atoms with Crippen LogP contribution in [0.3, 0.4) is 0 Å². The molecule has 0 atom stereocenters. The van der Waals surface area contributed by atoms with Crippen molar-refractivity contribution in [2.24, 2.45) is 0 Å². The zero-order valence-electron chi connectivity index (χ0n) is 13.2. The first-order chi connectivity index (χ1) is 11.7.